The molecule has 168 valence electrons. The molecule has 2 unspecified atom stereocenters. The van der Waals surface area contributed by atoms with Crippen LogP contribution in [0, 0.1) is 0 Å². The maximum Gasteiger partial charge on any atom is 0.305 e. The first-order valence-electron chi connectivity index (χ1n) is 10.1. The van der Waals surface area contributed by atoms with Crippen molar-refractivity contribution in [1.82, 2.24) is 4.90 Å². The van der Waals surface area contributed by atoms with Crippen molar-refractivity contribution in [2.75, 3.05) is 13.1 Å². The van der Waals surface area contributed by atoms with Crippen molar-refractivity contribution in [2.24, 2.45) is 0 Å². The van der Waals surface area contributed by atoms with Crippen molar-refractivity contribution in [2.45, 2.75) is 44.9 Å². The van der Waals surface area contributed by atoms with Gasteiger partial charge in [-0.3, -0.25) is 9.59 Å². The standard InChI is InChI=1S/C20H24ClNO3.C5H7Cl/c1-4-5-14-12-22(9-8-19(23)24)20(25)18(10-13(2)3)16-7-6-15(21)11-17(14)16;1-3-4-5(2)6/h4,6-7,11,14,18H,1-2,5,8-10,12H2,3H3,(H,23,24);3-4H,2H2,1H3/b;4-3-. The summed E-state index contributed by atoms with van der Waals surface area (Å²) in [5.74, 6) is -1.25. The van der Waals surface area contributed by atoms with Crippen molar-refractivity contribution < 1.29 is 14.7 Å². The summed E-state index contributed by atoms with van der Waals surface area (Å²) in [5, 5.41) is 10.2. The van der Waals surface area contributed by atoms with Crippen LogP contribution in [0.2, 0.25) is 5.02 Å². The van der Waals surface area contributed by atoms with Gasteiger partial charge >= 0.3 is 5.97 Å². The number of benzene rings is 1. The fourth-order valence-corrected chi connectivity index (χ4v) is 3.89. The topological polar surface area (TPSA) is 57.6 Å². The number of carboxylic acid groups (broad SMARTS) is 1. The summed E-state index contributed by atoms with van der Waals surface area (Å²) in [4.78, 5) is 25.8. The molecule has 1 amide bonds. The summed E-state index contributed by atoms with van der Waals surface area (Å²) in [6.07, 6.45) is 6.58. The molecule has 0 saturated carbocycles. The predicted molar refractivity (Wildman–Crippen MR) is 130 cm³/mol. The van der Waals surface area contributed by atoms with Gasteiger partial charge in [0.1, 0.15) is 0 Å². The second-order valence-corrected chi connectivity index (χ2v) is 8.51. The van der Waals surface area contributed by atoms with Gasteiger partial charge in [0.2, 0.25) is 5.91 Å². The lowest BCUT2D eigenvalue weighted by Gasteiger charge is -2.26. The van der Waals surface area contributed by atoms with E-state index in [1.807, 2.05) is 38.1 Å². The van der Waals surface area contributed by atoms with Crippen LogP contribution >= 0.6 is 23.2 Å². The van der Waals surface area contributed by atoms with Crippen LogP contribution in [-0.2, 0) is 9.59 Å². The lowest BCUT2D eigenvalue weighted by Crippen LogP contribution is -2.37. The molecule has 0 spiro atoms. The summed E-state index contributed by atoms with van der Waals surface area (Å²) in [7, 11) is 0. The Morgan fingerprint density at radius 1 is 1.32 bits per heavy atom. The number of hydrogen-bond acceptors (Lipinski definition) is 2. The van der Waals surface area contributed by atoms with Crippen LogP contribution in [0.1, 0.15) is 56.1 Å². The molecule has 1 N–H and O–H groups in total. The second kappa shape index (κ2) is 13.2. The molecule has 1 aromatic rings. The highest BCUT2D eigenvalue weighted by atomic mass is 35.5. The highest BCUT2D eigenvalue weighted by Crippen LogP contribution is 2.38. The van der Waals surface area contributed by atoms with Gasteiger partial charge in [0.25, 0.3) is 0 Å². The first-order valence-corrected chi connectivity index (χ1v) is 10.9. The molecule has 6 heteroatoms. The van der Waals surface area contributed by atoms with Crippen molar-refractivity contribution in [3.63, 3.8) is 0 Å². The van der Waals surface area contributed by atoms with Gasteiger partial charge in [-0.1, -0.05) is 53.6 Å². The molecule has 2 atom stereocenters. The Morgan fingerprint density at radius 3 is 2.48 bits per heavy atom. The number of halogens is 2. The van der Waals surface area contributed by atoms with Gasteiger partial charge in [0.15, 0.2) is 0 Å². The van der Waals surface area contributed by atoms with Gasteiger partial charge in [0.05, 0.1) is 12.3 Å². The third-order valence-corrected chi connectivity index (χ3v) is 5.22. The van der Waals surface area contributed by atoms with Crippen LogP contribution < -0.4 is 0 Å². The first kappa shape index (κ1) is 26.7. The number of carboxylic acids is 1. The normalized spacial score (nSPS) is 17.9. The molecular formula is C25H31Cl2NO3. The Balaban J connectivity index is 0.000000703. The quantitative estimate of drug-likeness (QED) is 0.345. The molecule has 1 heterocycles. The van der Waals surface area contributed by atoms with E-state index in [2.05, 4.69) is 19.7 Å². The van der Waals surface area contributed by atoms with E-state index < -0.39 is 5.97 Å². The average Bonchev–Trinajstić information content (AvgIpc) is 2.77. The molecular weight excluding hydrogens is 433 g/mol. The first-order chi connectivity index (χ1) is 14.6. The van der Waals surface area contributed by atoms with Crippen LogP contribution in [0.25, 0.3) is 0 Å². The summed E-state index contributed by atoms with van der Waals surface area (Å²) in [6, 6.07) is 5.64. The molecule has 0 radical (unpaired) electrons. The van der Waals surface area contributed by atoms with Gasteiger partial charge in [-0.05, 0) is 56.0 Å². The van der Waals surface area contributed by atoms with Crippen LogP contribution in [0.3, 0.4) is 0 Å². The number of allylic oxidation sites excluding steroid dienone is 5. The fourth-order valence-electron chi connectivity index (χ4n) is 3.59. The van der Waals surface area contributed by atoms with E-state index in [1.54, 1.807) is 17.0 Å². The van der Waals surface area contributed by atoms with E-state index in [1.165, 1.54) is 0 Å². The zero-order valence-electron chi connectivity index (χ0n) is 18.2. The Labute approximate surface area is 195 Å². The van der Waals surface area contributed by atoms with Crippen LogP contribution in [-0.4, -0.2) is 35.0 Å². The van der Waals surface area contributed by atoms with Crippen LogP contribution in [0.15, 0.2) is 66.8 Å². The van der Waals surface area contributed by atoms with Gasteiger partial charge in [0, 0.05) is 29.1 Å². The van der Waals surface area contributed by atoms with E-state index in [4.69, 9.17) is 28.3 Å². The molecule has 0 aliphatic carbocycles. The number of amides is 1. The molecule has 4 nitrogen and oxygen atoms in total. The molecule has 31 heavy (non-hydrogen) atoms. The molecule has 0 aromatic heterocycles. The summed E-state index contributed by atoms with van der Waals surface area (Å²) in [6.45, 7) is 15.7. The number of carbonyl (C=O) groups is 2. The smallest absolute Gasteiger partial charge is 0.305 e. The van der Waals surface area contributed by atoms with E-state index in [9.17, 15) is 9.59 Å². The van der Waals surface area contributed by atoms with Gasteiger partial charge < -0.3 is 10.0 Å². The third kappa shape index (κ3) is 8.76. The monoisotopic (exact) mass is 463 g/mol. The van der Waals surface area contributed by atoms with E-state index >= 15 is 0 Å². The summed E-state index contributed by atoms with van der Waals surface area (Å²) < 4.78 is 0. The van der Waals surface area contributed by atoms with Gasteiger partial charge in [-0.2, -0.15) is 0 Å². The maximum atomic E-state index is 13.1. The van der Waals surface area contributed by atoms with Crippen molar-refractivity contribution in [1.29, 1.82) is 0 Å². The largest absolute Gasteiger partial charge is 0.481 e. The predicted octanol–water partition coefficient (Wildman–Crippen LogP) is 6.68. The molecule has 0 bridgehead atoms. The fraction of sp³-hybridized carbons (Fsp3) is 0.360. The molecule has 2 rings (SSSR count). The number of hydrogen-bond donors (Lipinski definition) is 1. The Morgan fingerprint density at radius 2 is 2.00 bits per heavy atom. The van der Waals surface area contributed by atoms with E-state index in [-0.39, 0.29) is 30.7 Å². The third-order valence-electron chi connectivity index (χ3n) is 4.86. The number of carbonyl (C=O) groups excluding carboxylic acids is 1. The number of aliphatic carboxylic acids is 1. The molecule has 1 aliphatic rings. The molecule has 1 aliphatic heterocycles. The van der Waals surface area contributed by atoms with Gasteiger partial charge in [-0.15, -0.1) is 13.2 Å². The average molecular weight is 464 g/mol. The number of fused-ring (bicyclic) bond motifs is 1. The van der Waals surface area contributed by atoms with Crippen LogP contribution in [0.5, 0.6) is 0 Å². The van der Waals surface area contributed by atoms with E-state index in [0.717, 1.165) is 16.7 Å². The summed E-state index contributed by atoms with van der Waals surface area (Å²) >= 11 is 11.5. The van der Waals surface area contributed by atoms with Crippen molar-refractivity contribution in [3.8, 4) is 0 Å². The lowest BCUT2D eigenvalue weighted by atomic mass is 9.85. The highest BCUT2D eigenvalue weighted by Gasteiger charge is 2.34. The van der Waals surface area contributed by atoms with Crippen molar-refractivity contribution >= 4 is 35.1 Å². The maximum absolute atomic E-state index is 13.1. The summed E-state index contributed by atoms with van der Waals surface area (Å²) in [5.41, 5.74) is 2.92. The zero-order chi connectivity index (χ0) is 23.6. The molecule has 1 aromatic carbocycles. The number of nitrogens with zero attached hydrogens (tertiary/aromatic N) is 1. The Bertz CT molecular complexity index is 860. The molecule has 0 fully saturated rings. The second-order valence-electron chi connectivity index (χ2n) is 7.58. The van der Waals surface area contributed by atoms with Crippen LogP contribution in [0.4, 0.5) is 0 Å². The highest BCUT2D eigenvalue weighted by molar-refractivity contribution is 6.31. The zero-order valence-corrected chi connectivity index (χ0v) is 19.8. The minimum Gasteiger partial charge on any atom is -0.481 e. The van der Waals surface area contributed by atoms with Crippen molar-refractivity contribution in [3.05, 3.63) is 82.9 Å². The van der Waals surface area contributed by atoms with Gasteiger partial charge in [-0.25, -0.2) is 0 Å². The minimum absolute atomic E-state index is 0.0422. The Hall–Kier alpha value is -2.30. The Kier molecular flexibility index (Phi) is 11.4. The van der Waals surface area contributed by atoms with E-state index in [0.29, 0.717) is 29.4 Å². The SMILES string of the molecule is C=C(Cl)/C=C\C.C=CCC1CN(CCC(=O)O)C(=O)C(CC(=C)C)c2ccc(Cl)cc21. The number of rotatable bonds is 8. The minimum atomic E-state index is -0.908. The molecule has 0 saturated heterocycles. The lowest BCUT2D eigenvalue weighted by molar-refractivity contribution is -0.138.